The Balaban J connectivity index is 0.00000132. The van der Waals surface area contributed by atoms with Crippen molar-refractivity contribution in [3.8, 4) is 0 Å². The Morgan fingerprint density at radius 2 is 1.38 bits per heavy atom. The van der Waals surface area contributed by atoms with E-state index >= 15 is 0 Å². The topological polar surface area (TPSA) is 12.0 Å². The zero-order chi connectivity index (χ0) is 13.4. The first kappa shape index (κ1) is 14.6. The third-order valence-corrected chi connectivity index (χ3v) is 4.71. The van der Waals surface area contributed by atoms with Gasteiger partial charge < -0.3 is 5.32 Å². The second-order valence-electron chi connectivity index (χ2n) is 6.16. The predicted octanol–water partition coefficient (Wildman–Crippen LogP) is 4.83. The highest BCUT2D eigenvalue weighted by molar-refractivity contribution is 5.85. The Bertz CT molecular complexity index is 592. The van der Waals surface area contributed by atoms with Gasteiger partial charge in [-0.25, -0.2) is 0 Å². The molecule has 2 atom stereocenters. The van der Waals surface area contributed by atoms with E-state index in [4.69, 9.17) is 0 Å². The van der Waals surface area contributed by atoms with Gasteiger partial charge in [0, 0.05) is 18.0 Å². The molecule has 0 aromatic heterocycles. The average Bonchev–Trinajstić information content (AvgIpc) is 3.33. The van der Waals surface area contributed by atoms with Gasteiger partial charge in [-0.1, -0.05) is 54.6 Å². The molecule has 110 valence electrons. The Kier molecular flexibility index (Phi) is 4.32. The smallest absolute Gasteiger partial charge is 0.0325 e. The molecule has 2 heteroatoms. The summed E-state index contributed by atoms with van der Waals surface area (Å²) in [5, 5.41) is 3.82. The highest BCUT2D eigenvalue weighted by Crippen LogP contribution is 2.42. The minimum absolute atomic E-state index is 0. The van der Waals surface area contributed by atoms with E-state index in [1.54, 1.807) is 0 Å². The van der Waals surface area contributed by atoms with Crippen LogP contribution >= 0.6 is 12.4 Å². The largest absolute Gasteiger partial charge is 0.307 e. The van der Waals surface area contributed by atoms with Crippen molar-refractivity contribution < 1.29 is 0 Å². The third-order valence-electron chi connectivity index (χ3n) is 4.71. The number of fused-ring (bicyclic) bond motifs is 1. The molecule has 0 heterocycles. The molecule has 4 rings (SSSR count). The molecule has 1 fully saturated rings. The van der Waals surface area contributed by atoms with Crippen LogP contribution in [0.3, 0.4) is 0 Å². The summed E-state index contributed by atoms with van der Waals surface area (Å²) in [5.41, 5.74) is 4.52. The zero-order valence-electron chi connectivity index (χ0n) is 12.2. The van der Waals surface area contributed by atoms with Crippen LogP contribution in [0.5, 0.6) is 0 Å². The van der Waals surface area contributed by atoms with Crippen molar-refractivity contribution in [1.29, 1.82) is 0 Å². The van der Waals surface area contributed by atoms with Crippen LogP contribution in [0.15, 0.2) is 54.6 Å². The predicted molar refractivity (Wildman–Crippen MR) is 90.1 cm³/mol. The molecule has 2 aliphatic rings. The normalized spacial score (nSPS) is 24.0. The molecule has 0 bridgehead atoms. The molecule has 0 amide bonds. The van der Waals surface area contributed by atoms with Crippen molar-refractivity contribution in [3.05, 3.63) is 71.3 Å². The molecule has 0 radical (unpaired) electrons. The monoisotopic (exact) mass is 299 g/mol. The average molecular weight is 300 g/mol. The lowest BCUT2D eigenvalue weighted by Crippen LogP contribution is -2.28. The molecule has 21 heavy (non-hydrogen) atoms. The first-order valence-corrected chi connectivity index (χ1v) is 7.81. The highest BCUT2D eigenvalue weighted by atomic mass is 35.5. The van der Waals surface area contributed by atoms with Crippen molar-refractivity contribution in [2.75, 3.05) is 0 Å². The molecular weight excluding hydrogens is 278 g/mol. The molecule has 2 aliphatic carbocycles. The van der Waals surface area contributed by atoms with Crippen molar-refractivity contribution in [2.24, 2.45) is 0 Å². The van der Waals surface area contributed by atoms with Crippen LogP contribution in [0.2, 0.25) is 0 Å². The standard InChI is InChI=1S/C19H21N.ClH/c1-2-6-14(7-3-1)16-12-13-19(20-15-10-11-15)18-9-5-4-8-17(16)18;/h1-9,15-16,19-20H,10-13H2;1H/t16-,19+;/m1./s1. The van der Waals surface area contributed by atoms with Crippen molar-refractivity contribution >= 4 is 12.4 Å². The number of halogens is 1. The van der Waals surface area contributed by atoms with Crippen LogP contribution in [-0.4, -0.2) is 6.04 Å². The molecule has 2 aromatic rings. The number of nitrogens with one attached hydrogen (secondary N) is 1. The maximum Gasteiger partial charge on any atom is 0.0325 e. The van der Waals surface area contributed by atoms with Gasteiger partial charge in [0.15, 0.2) is 0 Å². The fourth-order valence-corrected chi connectivity index (χ4v) is 3.53. The first-order valence-electron chi connectivity index (χ1n) is 7.81. The molecule has 0 spiro atoms. The summed E-state index contributed by atoms with van der Waals surface area (Å²) in [7, 11) is 0. The minimum Gasteiger partial charge on any atom is -0.307 e. The second-order valence-corrected chi connectivity index (χ2v) is 6.16. The first-order chi connectivity index (χ1) is 9.92. The Labute approximate surface area is 133 Å². The van der Waals surface area contributed by atoms with Crippen LogP contribution < -0.4 is 5.32 Å². The van der Waals surface area contributed by atoms with E-state index in [9.17, 15) is 0 Å². The summed E-state index contributed by atoms with van der Waals surface area (Å²) in [6, 6.07) is 21.3. The van der Waals surface area contributed by atoms with Crippen LogP contribution in [-0.2, 0) is 0 Å². The number of rotatable bonds is 3. The van der Waals surface area contributed by atoms with Crippen LogP contribution in [0, 0.1) is 0 Å². The molecule has 1 nitrogen and oxygen atoms in total. The van der Waals surface area contributed by atoms with E-state index in [0.717, 1.165) is 6.04 Å². The minimum atomic E-state index is 0. The van der Waals surface area contributed by atoms with E-state index in [2.05, 4.69) is 59.9 Å². The van der Waals surface area contributed by atoms with Crippen molar-refractivity contribution in [1.82, 2.24) is 5.32 Å². The quantitative estimate of drug-likeness (QED) is 0.856. The van der Waals surface area contributed by atoms with Gasteiger partial charge >= 0.3 is 0 Å². The maximum absolute atomic E-state index is 3.82. The Morgan fingerprint density at radius 3 is 2.10 bits per heavy atom. The van der Waals surface area contributed by atoms with Gasteiger partial charge in [-0.05, 0) is 42.4 Å². The van der Waals surface area contributed by atoms with Gasteiger partial charge in [0.1, 0.15) is 0 Å². The fourth-order valence-electron chi connectivity index (χ4n) is 3.53. The van der Waals surface area contributed by atoms with Crippen LogP contribution in [0.4, 0.5) is 0 Å². The van der Waals surface area contributed by atoms with E-state index in [1.807, 2.05) is 0 Å². The Morgan fingerprint density at radius 1 is 0.714 bits per heavy atom. The van der Waals surface area contributed by atoms with E-state index in [-0.39, 0.29) is 12.4 Å². The summed E-state index contributed by atoms with van der Waals surface area (Å²) < 4.78 is 0. The van der Waals surface area contributed by atoms with Crippen LogP contribution in [0.25, 0.3) is 0 Å². The summed E-state index contributed by atoms with van der Waals surface area (Å²) >= 11 is 0. The molecule has 2 aromatic carbocycles. The molecular formula is C19H22ClN. The molecule has 1 saturated carbocycles. The lowest BCUT2D eigenvalue weighted by molar-refractivity contribution is 0.438. The summed E-state index contributed by atoms with van der Waals surface area (Å²) in [4.78, 5) is 0. The fraction of sp³-hybridized carbons (Fsp3) is 0.368. The van der Waals surface area contributed by atoms with Gasteiger partial charge in [-0.3, -0.25) is 0 Å². The summed E-state index contributed by atoms with van der Waals surface area (Å²) in [6.07, 6.45) is 5.24. The molecule has 0 saturated heterocycles. The summed E-state index contributed by atoms with van der Waals surface area (Å²) in [5.74, 6) is 0.574. The Hall–Kier alpha value is -1.31. The van der Waals surface area contributed by atoms with Gasteiger partial charge in [-0.15, -0.1) is 12.4 Å². The zero-order valence-corrected chi connectivity index (χ0v) is 13.0. The lowest BCUT2D eigenvalue weighted by atomic mass is 9.77. The van der Waals surface area contributed by atoms with Gasteiger partial charge in [-0.2, -0.15) is 0 Å². The third kappa shape index (κ3) is 3.00. The van der Waals surface area contributed by atoms with E-state index < -0.39 is 0 Å². The van der Waals surface area contributed by atoms with Crippen molar-refractivity contribution in [3.63, 3.8) is 0 Å². The summed E-state index contributed by atoms with van der Waals surface area (Å²) in [6.45, 7) is 0. The molecule has 1 N–H and O–H groups in total. The molecule has 0 unspecified atom stereocenters. The van der Waals surface area contributed by atoms with E-state index in [0.29, 0.717) is 12.0 Å². The van der Waals surface area contributed by atoms with Crippen LogP contribution in [0.1, 0.15) is 54.3 Å². The second kappa shape index (κ2) is 6.21. The van der Waals surface area contributed by atoms with E-state index in [1.165, 1.54) is 42.4 Å². The van der Waals surface area contributed by atoms with Crippen molar-refractivity contribution in [2.45, 2.75) is 43.7 Å². The number of hydrogen-bond acceptors (Lipinski definition) is 1. The number of hydrogen-bond donors (Lipinski definition) is 1. The maximum atomic E-state index is 3.82. The highest BCUT2D eigenvalue weighted by Gasteiger charge is 2.31. The lowest BCUT2D eigenvalue weighted by Gasteiger charge is -2.32. The molecule has 0 aliphatic heterocycles. The van der Waals surface area contributed by atoms with Gasteiger partial charge in [0.25, 0.3) is 0 Å². The van der Waals surface area contributed by atoms with Gasteiger partial charge in [0.05, 0.1) is 0 Å². The SMILES string of the molecule is Cl.c1ccc([C@H]2CC[C@H](NC3CC3)c3ccccc32)cc1. The number of benzene rings is 2. The van der Waals surface area contributed by atoms with Gasteiger partial charge in [0.2, 0.25) is 0 Å².